The molecule has 1 rings (SSSR count). The molecular weight excluding hydrogens is 150 g/mol. The number of methoxy groups -OCH3 is 1. The standard InChI is InChI=1S/C10H21NO/c1-8(2)10(12-3)9-6-4-5-7-11-9/h8-11H,4-7H2,1-3H3. The Labute approximate surface area is 75.7 Å². The summed E-state index contributed by atoms with van der Waals surface area (Å²) < 4.78 is 5.49. The summed E-state index contributed by atoms with van der Waals surface area (Å²) in [7, 11) is 1.82. The first-order valence-electron chi connectivity index (χ1n) is 5.02. The third-order valence-electron chi connectivity index (χ3n) is 2.67. The molecule has 2 unspecified atom stereocenters. The molecule has 0 aromatic rings. The van der Waals surface area contributed by atoms with Crippen molar-refractivity contribution in [1.82, 2.24) is 5.32 Å². The van der Waals surface area contributed by atoms with Crippen LogP contribution in [0.5, 0.6) is 0 Å². The number of hydrogen-bond acceptors (Lipinski definition) is 2. The minimum atomic E-state index is 0.394. The fourth-order valence-corrected chi connectivity index (χ4v) is 2.06. The summed E-state index contributed by atoms with van der Waals surface area (Å²) in [6, 6.07) is 0.587. The molecule has 1 aliphatic heterocycles. The highest BCUT2D eigenvalue weighted by molar-refractivity contribution is 4.82. The molecule has 0 aromatic carbocycles. The van der Waals surface area contributed by atoms with E-state index in [4.69, 9.17) is 4.74 Å². The summed E-state index contributed by atoms with van der Waals surface area (Å²) in [6.45, 7) is 5.62. The minimum Gasteiger partial charge on any atom is -0.380 e. The second-order valence-corrected chi connectivity index (χ2v) is 4.00. The number of nitrogens with one attached hydrogen (secondary N) is 1. The van der Waals surface area contributed by atoms with Crippen molar-refractivity contribution in [1.29, 1.82) is 0 Å². The molecule has 1 saturated heterocycles. The lowest BCUT2D eigenvalue weighted by Gasteiger charge is -2.32. The molecule has 0 aliphatic carbocycles. The average Bonchev–Trinajstić information content (AvgIpc) is 2.07. The van der Waals surface area contributed by atoms with Gasteiger partial charge in [0.05, 0.1) is 6.10 Å². The summed E-state index contributed by atoms with van der Waals surface area (Å²) in [5.41, 5.74) is 0. The van der Waals surface area contributed by atoms with E-state index in [1.807, 2.05) is 7.11 Å². The molecule has 2 atom stereocenters. The SMILES string of the molecule is COC(C(C)C)C1CCCCN1. The van der Waals surface area contributed by atoms with E-state index in [0.717, 1.165) is 6.54 Å². The molecule has 12 heavy (non-hydrogen) atoms. The molecule has 0 aromatic heterocycles. The van der Waals surface area contributed by atoms with Crippen LogP contribution in [0.1, 0.15) is 33.1 Å². The van der Waals surface area contributed by atoms with Crippen LogP contribution in [0.15, 0.2) is 0 Å². The predicted molar refractivity (Wildman–Crippen MR) is 51.3 cm³/mol. The molecule has 72 valence electrons. The third kappa shape index (κ3) is 2.46. The van der Waals surface area contributed by atoms with Gasteiger partial charge in [0.25, 0.3) is 0 Å². The summed E-state index contributed by atoms with van der Waals surface area (Å²) >= 11 is 0. The smallest absolute Gasteiger partial charge is 0.0747 e. The van der Waals surface area contributed by atoms with Crippen LogP contribution < -0.4 is 5.32 Å². The van der Waals surface area contributed by atoms with Gasteiger partial charge in [0, 0.05) is 13.2 Å². The molecule has 1 fully saturated rings. The second-order valence-electron chi connectivity index (χ2n) is 4.00. The van der Waals surface area contributed by atoms with E-state index in [1.54, 1.807) is 0 Å². The van der Waals surface area contributed by atoms with Crippen LogP contribution in [0.25, 0.3) is 0 Å². The van der Waals surface area contributed by atoms with Crippen molar-refractivity contribution in [3.05, 3.63) is 0 Å². The van der Waals surface area contributed by atoms with E-state index < -0.39 is 0 Å². The lowest BCUT2D eigenvalue weighted by atomic mass is 9.93. The van der Waals surface area contributed by atoms with Crippen LogP contribution in [0, 0.1) is 5.92 Å². The van der Waals surface area contributed by atoms with E-state index in [2.05, 4.69) is 19.2 Å². The summed E-state index contributed by atoms with van der Waals surface area (Å²) in [6.07, 6.45) is 4.34. The first-order chi connectivity index (χ1) is 5.75. The second kappa shape index (κ2) is 4.83. The zero-order valence-electron chi connectivity index (χ0n) is 8.47. The van der Waals surface area contributed by atoms with Gasteiger partial charge in [0.2, 0.25) is 0 Å². The summed E-state index contributed by atoms with van der Waals surface area (Å²) in [5.74, 6) is 0.616. The Morgan fingerprint density at radius 3 is 2.50 bits per heavy atom. The number of ether oxygens (including phenoxy) is 1. The molecule has 1 N–H and O–H groups in total. The maximum Gasteiger partial charge on any atom is 0.0747 e. The molecule has 0 amide bonds. The highest BCUT2D eigenvalue weighted by atomic mass is 16.5. The quantitative estimate of drug-likeness (QED) is 0.699. The molecule has 0 radical (unpaired) electrons. The molecule has 2 heteroatoms. The maximum atomic E-state index is 5.49. The van der Waals surface area contributed by atoms with Gasteiger partial charge in [-0.3, -0.25) is 0 Å². The number of rotatable bonds is 3. The van der Waals surface area contributed by atoms with Gasteiger partial charge in [-0.1, -0.05) is 20.3 Å². The molecule has 1 heterocycles. The van der Waals surface area contributed by atoms with Crippen molar-refractivity contribution in [2.24, 2.45) is 5.92 Å². The zero-order valence-corrected chi connectivity index (χ0v) is 8.47. The Morgan fingerprint density at radius 1 is 1.33 bits per heavy atom. The van der Waals surface area contributed by atoms with Crippen molar-refractivity contribution in [3.63, 3.8) is 0 Å². The van der Waals surface area contributed by atoms with Crippen molar-refractivity contribution < 1.29 is 4.74 Å². The highest BCUT2D eigenvalue weighted by Crippen LogP contribution is 2.17. The normalized spacial score (nSPS) is 27.5. The molecule has 2 nitrogen and oxygen atoms in total. The fourth-order valence-electron chi connectivity index (χ4n) is 2.06. The topological polar surface area (TPSA) is 21.3 Å². The maximum absolute atomic E-state index is 5.49. The first kappa shape index (κ1) is 10.0. The van der Waals surface area contributed by atoms with Crippen molar-refractivity contribution in [3.8, 4) is 0 Å². The van der Waals surface area contributed by atoms with Crippen LogP contribution in [0.3, 0.4) is 0 Å². The summed E-state index contributed by atoms with van der Waals surface area (Å²) in [5, 5.41) is 3.53. The van der Waals surface area contributed by atoms with Crippen molar-refractivity contribution in [2.75, 3.05) is 13.7 Å². The average molecular weight is 171 g/mol. The number of piperidine rings is 1. The van der Waals surface area contributed by atoms with Gasteiger partial charge in [-0.05, 0) is 25.3 Å². The lowest BCUT2D eigenvalue weighted by Crippen LogP contribution is -2.46. The van der Waals surface area contributed by atoms with Crippen LogP contribution in [-0.4, -0.2) is 25.8 Å². The molecule has 0 spiro atoms. The Balaban J connectivity index is 2.40. The van der Waals surface area contributed by atoms with E-state index in [0.29, 0.717) is 18.1 Å². The molecule has 0 bridgehead atoms. The fraction of sp³-hybridized carbons (Fsp3) is 1.00. The molecule has 0 saturated carbocycles. The first-order valence-corrected chi connectivity index (χ1v) is 5.02. The van der Waals surface area contributed by atoms with Gasteiger partial charge in [-0.15, -0.1) is 0 Å². The monoisotopic (exact) mass is 171 g/mol. The Bertz CT molecular complexity index is 119. The Kier molecular flexibility index (Phi) is 4.02. The van der Waals surface area contributed by atoms with Gasteiger partial charge >= 0.3 is 0 Å². The van der Waals surface area contributed by atoms with Gasteiger partial charge in [0.15, 0.2) is 0 Å². The largest absolute Gasteiger partial charge is 0.380 e. The van der Waals surface area contributed by atoms with Crippen molar-refractivity contribution in [2.45, 2.75) is 45.3 Å². The Hall–Kier alpha value is -0.0800. The van der Waals surface area contributed by atoms with Crippen molar-refractivity contribution >= 4 is 0 Å². The van der Waals surface area contributed by atoms with Gasteiger partial charge < -0.3 is 10.1 Å². The Morgan fingerprint density at radius 2 is 2.08 bits per heavy atom. The molecule has 1 aliphatic rings. The van der Waals surface area contributed by atoms with Gasteiger partial charge in [0.1, 0.15) is 0 Å². The van der Waals surface area contributed by atoms with Crippen LogP contribution >= 0.6 is 0 Å². The van der Waals surface area contributed by atoms with Crippen LogP contribution in [-0.2, 0) is 4.74 Å². The van der Waals surface area contributed by atoms with Gasteiger partial charge in [-0.2, -0.15) is 0 Å². The summed E-state index contributed by atoms with van der Waals surface area (Å²) in [4.78, 5) is 0. The lowest BCUT2D eigenvalue weighted by molar-refractivity contribution is 0.0255. The molecular formula is C10H21NO. The van der Waals surface area contributed by atoms with E-state index in [9.17, 15) is 0 Å². The van der Waals surface area contributed by atoms with E-state index in [1.165, 1.54) is 19.3 Å². The minimum absolute atomic E-state index is 0.394. The van der Waals surface area contributed by atoms with Crippen LogP contribution in [0.4, 0.5) is 0 Å². The number of hydrogen-bond donors (Lipinski definition) is 1. The zero-order chi connectivity index (χ0) is 8.97. The third-order valence-corrected chi connectivity index (χ3v) is 2.67. The van der Waals surface area contributed by atoms with E-state index in [-0.39, 0.29) is 0 Å². The van der Waals surface area contributed by atoms with E-state index >= 15 is 0 Å². The van der Waals surface area contributed by atoms with Crippen LogP contribution in [0.2, 0.25) is 0 Å². The highest BCUT2D eigenvalue weighted by Gasteiger charge is 2.25. The predicted octanol–water partition coefficient (Wildman–Crippen LogP) is 1.80. The van der Waals surface area contributed by atoms with Gasteiger partial charge in [-0.25, -0.2) is 0 Å².